The van der Waals surface area contributed by atoms with Crippen molar-refractivity contribution in [2.75, 3.05) is 5.32 Å². The Balaban J connectivity index is 2.30. The molecular weight excluding hydrogens is 338 g/mol. The summed E-state index contributed by atoms with van der Waals surface area (Å²) in [6, 6.07) is 5.71. The maximum absolute atomic E-state index is 12.4. The number of nitrogens with zero attached hydrogens (tertiary/aromatic N) is 2. The molecular formula is C14H16BrN3OS. The van der Waals surface area contributed by atoms with Crippen LogP contribution in [-0.4, -0.2) is 15.5 Å². The van der Waals surface area contributed by atoms with E-state index in [4.69, 9.17) is 0 Å². The van der Waals surface area contributed by atoms with E-state index in [1.807, 2.05) is 45.9 Å². The van der Waals surface area contributed by atoms with Crippen LogP contribution in [0.4, 0.5) is 5.69 Å². The van der Waals surface area contributed by atoms with Gasteiger partial charge in [0.1, 0.15) is 4.88 Å². The molecule has 1 amide bonds. The zero-order valence-electron chi connectivity index (χ0n) is 11.8. The molecule has 0 aliphatic carbocycles. The van der Waals surface area contributed by atoms with Crippen LogP contribution in [-0.2, 0) is 5.41 Å². The predicted molar refractivity (Wildman–Crippen MR) is 85.4 cm³/mol. The van der Waals surface area contributed by atoms with Crippen molar-refractivity contribution < 1.29 is 4.79 Å². The van der Waals surface area contributed by atoms with Gasteiger partial charge in [-0.3, -0.25) is 4.79 Å². The van der Waals surface area contributed by atoms with Crippen molar-refractivity contribution in [3.8, 4) is 0 Å². The Hall–Kier alpha value is -1.27. The summed E-state index contributed by atoms with van der Waals surface area (Å²) >= 11 is 4.59. The number of hydrogen-bond donors (Lipinski definition) is 1. The lowest BCUT2D eigenvalue weighted by atomic mass is 9.91. The lowest BCUT2D eigenvalue weighted by Gasteiger charge is -2.16. The molecule has 20 heavy (non-hydrogen) atoms. The van der Waals surface area contributed by atoms with Gasteiger partial charge < -0.3 is 5.32 Å². The van der Waals surface area contributed by atoms with E-state index in [2.05, 4.69) is 30.8 Å². The fraction of sp³-hybridized carbons (Fsp3) is 0.357. The Morgan fingerprint density at radius 3 is 2.70 bits per heavy atom. The van der Waals surface area contributed by atoms with E-state index in [0.29, 0.717) is 4.88 Å². The number of nitrogens with one attached hydrogen (secondary N) is 1. The van der Waals surface area contributed by atoms with Crippen LogP contribution in [0.1, 0.15) is 41.7 Å². The van der Waals surface area contributed by atoms with Crippen LogP contribution in [0.25, 0.3) is 0 Å². The van der Waals surface area contributed by atoms with Crippen molar-refractivity contribution in [1.82, 2.24) is 9.59 Å². The second-order valence-electron chi connectivity index (χ2n) is 5.57. The second kappa shape index (κ2) is 5.61. The lowest BCUT2D eigenvalue weighted by Crippen LogP contribution is -2.20. The first-order chi connectivity index (χ1) is 9.30. The van der Waals surface area contributed by atoms with Crippen LogP contribution in [0.3, 0.4) is 0 Å². The number of amides is 1. The first-order valence-corrected chi connectivity index (χ1v) is 7.76. The Kier molecular flexibility index (Phi) is 4.25. The second-order valence-corrected chi connectivity index (χ2v) is 7.18. The monoisotopic (exact) mass is 353 g/mol. The highest BCUT2D eigenvalue weighted by Gasteiger charge is 2.26. The standard InChI is InChI=1S/C14H16BrN3OS/c1-8-9(15)6-5-7-10(8)16-13(19)11-12(14(2,3)4)17-18-20-11/h5-7H,1-4H3,(H,16,19). The Morgan fingerprint density at radius 2 is 2.05 bits per heavy atom. The number of carbonyl (C=O) groups excluding carboxylic acids is 1. The lowest BCUT2D eigenvalue weighted by molar-refractivity contribution is 0.102. The summed E-state index contributed by atoms with van der Waals surface area (Å²) in [5.74, 6) is -0.161. The largest absolute Gasteiger partial charge is 0.321 e. The normalized spacial score (nSPS) is 11.4. The van der Waals surface area contributed by atoms with Crippen molar-refractivity contribution in [2.24, 2.45) is 0 Å². The van der Waals surface area contributed by atoms with E-state index in [1.165, 1.54) is 0 Å². The summed E-state index contributed by atoms with van der Waals surface area (Å²) < 4.78 is 4.88. The molecule has 0 spiro atoms. The van der Waals surface area contributed by atoms with E-state index in [9.17, 15) is 4.79 Å². The molecule has 0 aliphatic heterocycles. The van der Waals surface area contributed by atoms with Gasteiger partial charge >= 0.3 is 0 Å². The van der Waals surface area contributed by atoms with Crippen LogP contribution < -0.4 is 5.32 Å². The van der Waals surface area contributed by atoms with Crippen molar-refractivity contribution >= 4 is 39.1 Å². The molecule has 106 valence electrons. The summed E-state index contributed by atoms with van der Waals surface area (Å²) in [6.45, 7) is 8.01. The molecule has 1 aromatic carbocycles. The highest BCUT2D eigenvalue weighted by Crippen LogP contribution is 2.28. The molecule has 1 aromatic heterocycles. The molecule has 0 unspecified atom stereocenters. The average Bonchev–Trinajstić information content (AvgIpc) is 2.84. The van der Waals surface area contributed by atoms with Gasteiger partial charge in [0.05, 0.1) is 5.69 Å². The van der Waals surface area contributed by atoms with Crippen molar-refractivity contribution in [3.05, 3.63) is 38.8 Å². The molecule has 0 radical (unpaired) electrons. The van der Waals surface area contributed by atoms with Crippen molar-refractivity contribution in [3.63, 3.8) is 0 Å². The van der Waals surface area contributed by atoms with Crippen LogP contribution >= 0.6 is 27.5 Å². The number of rotatable bonds is 2. The van der Waals surface area contributed by atoms with Crippen molar-refractivity contribution in [1.29, 1.82) is 0 Å². The summed E-state index contributed by atoms with van der Waals surface area (Å²) in [5, 5.41) is 7.02. The van der Waals surface area contributed by atoms with Crippen LogP contribution in [0.15, 0.2) is 22.7 Å². The minimum atomic E-state index is -0.202. The van der Waals surface area contributed by atoms with Crippen LogP contribution in [0.5, 0.6) is 0 Å². The highest BCUT2D eigenvalue weighted by atomic mass is 79.9. The van der Waals surface area contributed by atoms with Gasteiger partial charge in [-0.1, -0.05) is 47.3 Å². The van der Waals surface area contributed by atoms with Gasteiger partial charge in [0.25, 0.3) is 5.91 Å². The third-order valence-corrected chi connectivity index (χ3v) is 4.50. The summed E-state index contributed by atoms with van der Waals surface area (Å²) in [5.41, 5.74) is 2.31. The molecule has 0 bridgehead atoms. The van der Waals surface area contributed by atoms with Gasteiger partial charge in [-0.05, 0) is 36.2 Å². The van der Waals surface area contributed by atoms with E-state index in [-0.39, 0.29) is 11.3 Å². The third-order valence-electron chi connectivity index (χ3n) is 2.92. The summed E-state index contributed by atoms with van der Waals surface area (Å²) in [7, 11) is 0. The van der Waals surface area contributed by atoms with Gasteiger partial charge in [-0.2, -0.15) is 0 Å². The third kappa shape index (κ3) is 3.07. The first-order valence-electron chi connectivity index (χ1n) is 6.20. The Morgan fingerprint density at radius 1 is 1.35 bits per heavy atom. The molecule has 2 aromatic rings. The SMILES string of the molecule is Cc1c(Br)cccc1NC(=O)c1snnc1C(C)(C)C. The number of halogens is 1. The van der Waals surface area contributed by atoms with E-state index in [1.54, 1.807) is 0 Å². The summed E-state index contributed by atoms with van der Waals surface area (Å²) in [4.78, 5) is 13.0. The van der Waals surface area contributed by atoms with Gasteiger partial charge in [-0.15, -0.1) is 5.10 Å². The van der Waals surface area contributed by atoms with Gasteiger partial charge in [-0.25, -0.2) is 0 Å². The van der Waals surface area contributed by atoms with Gasteiger partial charge in [0, 0.05) is 15.6 Å². The average molecular weight is 354 g/mol. The Labute approximate surface area is 130 Å². The van der Waals surface area contributed by atoms with Gasteiger partial charge in [0.15, 0.2) is 0 Å². The number of carbonyl (C=O) groups is 1. The zero-order valence-corrected chi connectivity index (χ0v) is 14.2. The molecule has 0 saturated heterocycles. The highest BCUT2D eigenvalue weighted by molar-refractivity contribution is 9.10. The molecule has 2 rings (SSSR count). The van der Waals surface area contributed by atoms with E-state index in [0.717, 1.165) is 32.9 Å². The number of hydrogen-bond acceptors (Lipinski definition) is 4. The maximum Gasteiger partial charge on any atom is 0.269 e. The number of aromatic nitrogens is 2. The van der Waals surface area contributed by atoms with Crippen molar-refractivity contribution in [2.45, 2.75) is 33.1 Å². The maximum atomic E-state index is 12.4. The quantitative estimate of drug-likeness (QED) is 0.881. The molecule has 0 saturated carbocycles. The molecule has 0 aliphatic rings. The van der Waals surface area contributed by atoms with Crippen LogP contribution in [0, 0.1) is 6.92 Å². The van der Waals surface area contributed by atoms with Crippen LogP contribution in [0.2, 0.25) is 0 Å². The molecule has 0 fully saturated rings. The van der Waals surface area contributed by atoms with Gasteiger partial charge in [0.2, 0.25) is 0 Å². The fourth-order valence-electron chi connectivity index (χ4n) is 1.75. The molecule has 1 heterocycles. The van der Waals surface area contributed by atoms with E-state index >= 15 is 0 Å². The number of benzene rings is 1. The molecule has 1 N–H and O–H groups in total. The van der Waals surface area contributed by atoms with E-state index < -0.39 is 0 Å². The molecule has 6 heteroatoms. The fourth-order valence-corrected chi connectivity index (χ4v) is 2.89. The summed E-state index contributed by atoms with van der Waals surface area (Å²) in [6.07, 6.45) is 0. The first kappa shape index (κ1) is 15.1. The predicted octanol–water partition coefficient (Wildman–Crippen LogP) is 4.16. The smallest absolute Gasteiger partial charge is 0.269 e. The minimum Gasteiger partial charge on any atom is -0.321 e. The topological polar surface area (TPSA) is 54.9 Å². The molecule has 4 nitrogen and oxygen atoms in total. The molecule has 0 atom stereocenters. The minimum absolute atomic E-state index is 0.161. The Bertz CT molecular complexity index is 646. The zero-order chi connectivity index (χ0) is 14.9. The number of anilines is 1.